The van der Waals surface area contributed by atoms with E-state index in [2.05, 4.69) is 128 Å². The highest BCUT2D eigenvalue weighted by Gasteiger charge is 2.49. The highest BCUT2D eigenvalue weighted by atomic mass is 15.2. The Balaban J connectivity index is 1.47. The SMILES string of the molecule is C=C([C@@H]1NCC2C(=C)N(c3ccc(C)cc3)C(=C)[C@H]21)N(Cc1ccc(C)cc1)c1ccccc1C. The van der Waals surface area contributed by atoms with Crippen molar-refractivity contribution >= 4 is 11.4 Å². The molecule has 0 saturated carbocycles. The molecule has 2 saturated heterocycles. The first-order valence-corrected chi connectivity index (χ1v) is 12.4. The predicted molar refractivity (Wildman–Crippen MR) is 148 cm³/mol. The molecule has 0 spiro atoms. The number of aryl methyl sites for hydroxylation is 3. The Labute approximate surface area is 210 Å². The number of nitrogens with zero attached hydrogens (tertiary/aromatic N) is 2. The van der Waals surface area contributed by atoms with E-state index in [0.717, 1.165) is 35.9 Å². The smallest absolute Gasteiger partial charge is 0.0560 e. The van der Waals surface area contributed by atoms with Gasteiger partial charge in [-0.2, -0.15) is 0 Å². The lowest BCUT2D eigenvalue weighted by Gasteiger charge is -2.34. The van der Waals surface area contributed by atoms with Crippen LogP contribution >= 0.6 is 0 Å². The number of para-hydroxylation sites is 1. The Morgan fingerprint density at radius 2 is 1.51 bits per heavy atom. The van der Waals surface area contributed by atoms with E-state index in [1.165, 1.54) is 27.9 Å². The zero-order valence-corrected chi connectivity index (χ0v) is 21.1. The summed E-state index contributed by atoms with van der Waals surface area (Å²) in [5.41, 5.74) is 10.7. The molecule has 0 radical (unpaired) electrons. The molecule has 0 bridgehead atoms. The van der Waals surface area contributed by atoms with Gasteiger partial charge in [-0.1, -0.05) is 85.5 Å². The van der Waals surface area contributed by atoms with Crippen LogP contribution in [0, 0.1) is 32.6 Å². The van der Waals surface area contributed by atoms with E-state index in [1.807, 2.05) is 0 Å². The van der Waals surface area contributed by atoms with E-state index in [0.29, 0.717) is 5.92 Å². The topological polar surface area (TPSA) is 18.5 Å². The van der Waals surface area contributed by atoms with E-state index >= 15 is 0 Å². The van der Waals surface area contributed by atoms with Crippen LogP contribution in [0.15, 0.2) is 110 Å². The normalized spacial score (nSPS) is 21.3. The summed E-state index contributed by atoms with van der Waals surface area (Å²) in [7, 11) is 0. The molecule has 2 aliphatic rings. The summed E-state index contributed by atoms with van der Waals surface area (Å²) in [6.45, 7) is 21.8. The van der Waals surface area contributed by atoms with E-state index in [1.54, 1.807) is 0 Å². The van der Waals surface area contributed by atoms with Crippen LogP contribution in [0.1, 0.15) is 22.3 Å². The van der Waals surface area contributed by atoms with Gasteiger partial charge in [0.1, 0.15) is 0 Å². The number of benzene rings is 3. The van der Waals surface area contributed by atoms with Gasteiger partial charge < -0.3 is 15.1 Å². The molecule has 178 valence electrons. The van der Waals surface area contributed by atoms with Crippen molar-refractivity contribution in [1.29, 1.82) is 0 Å². The molecule has 2 fully saturated rings. The summed E-state index contributed by atoms with van der Waals surface area (Å²) < 4.78 is 0. The van der Waals surface area contributed by atoms with E-state index in [4.69, 9.17) is 0 Å². The first-order chi connectivity index (χ1) is 16.8. The van der Waals surface area contributed by atoms with Gasteiger partial charge in [-0.15, -0.1) is 0 Å². The first-order valence-electron chi connectivity index (χ1n) is 12.4. The van der Waals surface area contributed by atoms with E-state index < -0.39 is 0 Å². The minimum atomic E-state index is 0.0877. The average Bonchev–Trinajstić information content (AvgIpc) is 3.39. The number of hydrogen-bond acceptors (Lipinski definition) is 3. The van der Waals surface area contributed by atoms with Gasteiger partial charge in [-0.25, -0.2) is 0 Å². The number of hydrogen-bond donors (Lipinski definition) is 1. The molecule has 35 heavy (non-hydrogen) atoms. The quantitative estimate of drug-likeness (QED) is 0.431. The lowest BCUT2D eigenvalue weighted by molar-refractivity contribution is 0.522. The maximum Gasteiger partial charge on any atom is 0.0560 e. The number of anilines is 2. The average molecular weight is 462 g/mol. The molecule has 1 N–H and O–H groups in total. The zero-order valence-electron chi connectivity index (χ0n) is 21.1. The van der Waals surface area contributed by atoms with Crippen LogP contribution < -0.4 is 15.1 Å². The third-order valence-electron chi connectivity index (χ3n) is 7.60. The second-order valence-corrected chi connectivity index (χ2v) is 10.0. The maximum atomic E-state index is 4.67. The molecule has 1 unspecified atom stereocenters. The van der Waals surface area contributed by atoms with Crippen LogP contribution in [0.25, 0.3) is 0 Å². The largest absolute Gasteiger partial charge is 0.339 e. The van der Waals surface area contributed by atoms with Gasteiger partial charge in [0.05, 0.1) is 6.04 Å². The molecule has 3 nitrogen and oxygen atoms in total. The van der Waals surface area contributed by atoms with Crippen LogP contribution in [0.2, 0.25) is 0 Å². The second-order valence-electron chi connectivity index (χ2n) is 10.0. The van der Waals surface area contributed by atoms with Gasteiger partial charge in [-0.3, -0.25) is 0 Å². The highest BCUT2D eigenvalue weighted by Crippen LogP contribution is 2.48. The summed E-state index contributed by atoms with van der Waals surface area (Å²) in [4.78, 5) is 4.64. The molecule has 0 aliphatic carbocycles. The first kappa shape index (κ1) is 23.2. The van der Waals surface area contributed by atoms with Crippen molar-refractivity contribution in [2.45, 2.75) is 33.4 Å². The van der Waals surface area contributed by atoms with Crippen molar-refractivity contribution in [3.05, 3.63) is 132 Å². The van der Waals surface area contributed by atoms with Gasteiger partial charge >= 0.3 is 0 Å². The van der Waals surface area contributed by atoms with E-state index in [9.17, 15) is 0 Å². The Bertz CT molecular complexity index is 1270. The van der Waals surface area contributed by atoms with Gasteiger partial charge in [0, 0.05) is 53.4 Å². The van der Waals surface area contributed by atoms with Gasteiger partial charge in [0.15, 0.2) is 0 Å². The molecular weight excluding hydrogens is 426 g/mol. The predicted octanol–water partition coefficient (Wildman–Crippen LogP) is 6.88. The molecule has 3 aromatic carbocycles. The van der Waals surface area contributed by atoms with Crippen molar-refractivity contribution in [3.63, 3.8) is 0 Å². The lowest BCUT2D eigenvalue weighted by Crippen LogP contribution is -2.39. The maximum absolute atomic E-state index is 4.67. The monoisotopic (exact) mass is 461 g/mol. The summed E-state index contributed by atoms with van der Waals surface area (Å²) in [5, 5.41) is 3.78. The minimum absolute atomic E-state index is 0.0877. The summed E-state index contributed by atoms with van der Waals surface area (Å²) in [6.07, 6.45) is 0. The Hall–Kier alpha value is -3.56. The summed E-state index contributed by atoms with van der Waals surface area (Å²) >= 11 is 0. The van der Waals surface area contributed by atoms with Crippen molar-refractivity contribution in [2.24, 2.45) is 11.8 Å². The zero-order chi connectivity index (χ0) is 24.7. The van der Waals surface area contributed by atoms with Crippen LogP contribution in [0.5, 0.6) is 0 Å². The third-order valence-corrected chi connectivity index (χ3v) is 7.60. The Morgan fingerprint density at radius 1 is 0.886 bits per heavy atom. The third kappa shape index (κ3) is 4.21. The van der Waals surface area contributed by atoms with Crippen molar-refractivity contribution in [2.75, 3.05) is 16.3 Å². The fraction of sp³-hybridized carbons (Fsp3) is 0.250. The minimum Gasteiger partial charge on any atom is -0.339 e. The molecular formula is C32H35N3. The molecule has 3 heteroatoms. The Morgan fingerprint density at radius 3 is 2.17 bits per heavy atom. The van der Waals surface area contributed by atoms with Crippen molar-refractivity contribution in [1.82, 2.24) is 5.32 Å². The van der Waals surface area contributed by atoms with Crippen LogP contribution in [-0.2, 0) is 6.54 Å². The molecule has 2 heterocycles. The fourth-order valence-corrected chi connectivity index (χ4v) is 5.59. The molecule has 3 atom stereocenters. The molecule has 5 rings (SSSR count). The fourth-order valence-electron chi connectivity index (χ4n) is 5.59. The molecule has 0 aromatic heterocycles. The van der Waals surface area contributed by atoms with Crippen molar-refractivity contribution in [3.8, 4) is 0 Å². The highest BCUT2D eigenvalue weighted by molar-refractivity contribution is 5.64. The molecule has 3 aromatic rings. The number of rotatable bonds is 6. The Kier molecular flexibility index (Phi) is 6.12. The summed E-state index contributed by atoms with van der Waals surface area (Å²) in [5.74, 6) is 0.532. The number of nitrogens with one attached hydrogen (secondary N) is 1. The van der Waals surface area contributed by atoms with Crippen LogP contribution in [0.4, 0.5) is 11.4 Å². The second kappa shape index (κ2) is 9.24. The van der Waals surface area contributed by atoms with Crippen LogP contribution in [0.3, 0.4) is 0 Å². The summed E-state index contributed by atoms with van der Waals surface area (Å²) in [6, 6.07) is 26.1. The van der Waals surface area contributed by atoms with Gasteiger partial charge in [0.2, 0.25) is 0 Å². The van der Waals surface area contributed by atoms with Gasteiger partial charge in [0.25, 0.3) is 0 Å². The molecule has 0 amide bonds. The lowest BCUT2D eigenvalue weighted by atomic mass is 9.88. The van der Waals surface area contributed by atoms with E-state index in [-0.39, 0.29) is 12.0 Å². The van der Waals surface area contributed by atoms with Crippen molar-refractivity contribution < 1.29 is 0 Å². The molecule has 2 aliphatic heterocycles. The van der Waals surface area contributed by atoms with Crippen LogP contribution in [-0.4, -0.2) is 12.6 Å². The van der Waals surface area contributed by atoms with Gasteiger partial charge in [-0.05, 0) is 50.1 Å². The standard InChI is InChI=1S/C32H35N3/c1-21-11-15-27(16-12-21)20-34(30-10-8-7-9-23(30)3)26(6)32-31-25(5)35(24(4)29(31)19-33-32)28-17-13-22(2)14-18-28/h7-18,29,31-33H,4-6,19-20H2,1-3H3/t29?,31-,32+/m1/s1. The number of fused-ring (bicyclic) bond motifs is 1.